The van der Waals surface area contributed by atoms with Crippen molar-refractivity contribution in [1.29, 1.82) is 5.26 Å². The first-order valence-electron chi connectivity index (χ1n) is 21.7. The maximum atomic E-state index is 9.64. The van der Waals surface area contributed by atoms with Gasteiger partial charge < -0.3 is 0 Å². The lowest BCUT2D eigenvalue weighted by atomic mass is 9.42. The number of nitrogens with zero attached hydrogens (tertiary/aromatic N) is 1. The van der Waals surface area contributed by atoms with Crippen molar-refractivity contribution in [3.63, 3.8) is 0 Å². The van der Waals surface area contributed by atoms with Crippen LogP contribution in [0.4, 0.5) is 0 Å². The first-order chi connectivity index (χ1) is 22.6. The molecule has 0 aromatic rings. The zero-order valence-electron chi connectivity index (χ0n) is 34.1. The summed E-state index contributed by atoms with van der Waals surface area (Å²) in [6, 6.07) is 2.60. The van der Waals surface area contributed by atoms with E-state index in [1.54, 1.807) is 0 Å². The predicted molar refractivity (Wildman–Crippen MR) is 207 cm³/mol. The third-order valence-electron chi connectivity index (χ3n) is 17.2. The van der Waals surface area contributed by atoms with Gasteiger partial charge in [-0.2, -0.15) is 5.26 Å². The highest BCUT2D eigenvalue weighted by Gasteiger charge is 2.61. The molecule has 5 rings (SSSR count). The van der Waals surface area contributed by atoms with Crippen LogP contribution in [0.5, 0.6) is 0 Å². The number of allylic oxidation sites excluding steroid dienone is 2. The van der Waals surface area contributed by atoms with Crippen LogP contribution in [0.15, 0.2) is 11.6 Å². The van der Waals surface area contributed by atoms with Gasteiger partial charge in [-0.15, -0.1) is 0 Å². The molecule has 0 radical (unpaired) electrons. The summed E-state index contributed by atoms with van der Waals surface area (Å²) in [6.07, 6.45) is 27.9. The van der Waals surface area contributed by atoms with Gasteiger partial charge in [0, 0.05) is 5.92 Å². The van der Waals surface area contributed by atoms with Crippen molar-refractivity contribution in [3.8, 4) is 6.07 Å². The van der Waals surface area contributed by atoms with Crippen molar-refractivity contribution >= 4 is 0 Å². The van der Waals surface area contributed by atoms with E-state index in [9.17, 15) is 5.26 Å². The fourth-order valence-corrected chi connectivity index (χ4v) is 14.0. The monoisotopic (exact) mass is 660 g/mol. The number of rotatable bonds is 12. The van der Waals surface area contributed by atoms with E-state index in [0.29, 0.717) is 27.6 Å². The molecule has 4 fully saturated rings. The highest BCUT2D eigenvalue weighted by molar-refractivity contribution is 5.28. The van der Waals surface area contributed by atoms with Crippen molar-refractivity contribution in [2.75, 3.05) is 0 Å². The van der Waals surface area contributed by atoms with Crippen molar-refractivity contribution in [3.05, 3.63) is 11.6 Å². The maximum Gasteiger partial charge on any atom is 0.0655 e. The summed E-state index contributed by atoms with van der Waals surface area (Å²) in [6.45, 7) is 27.9. The van der Waals surface area contributed by atoms with Gasteiger partial charge in [0.2, 0.25) is 0 Å². The quantitative estimate of drug-likeness (QED) is 0.191. The molecule has 12 unspecified atom stereocenters. The Morgan fingerprint density at radius 1 is 0.833 bits per heavy atom. The van der Waals surface area contributed by atoms with Gasteiger partial charge in [-0.05, 0) is 184 Å². The molecule has 12 atom stereocenters. The van der Waals surface area contributed by atoms with Crippen LogP contribution in [0.25, 0.3) is 0 Å². The summed E-state index contributed by atoms with van der Waals surface area (Å²) in [5.41, 5.74) is 3.72. The van der Waals surface area contributed by atoms with Crippen molar-refractivity contribution in [1.82, 2.24) is 0 Å². The molecule has 5 aliphatic rings. The first kappa shape index (κ1) is 38.5. The van der Waals surface area contributed by atoms with E-state index in [1.807, 2.05) is 5.57 Å². The van der Waals surface area contributed by atoms with Gasteiger partial charge in [0.15, 0.2) is 0 Å². The van der Waals surface area contributed by atoms with Gasteiger partial charge in [0.05, 0.1) is 6.07 Å². The standard InChI is InChI=1S/C47H81N/c1-12-34(28-35(13-2)31-48)29-38(44(5,6)7)16-14-15-37-17-19-42-43-22-21-40-41(47(43,11)24-23-46(37,42)10)20-18-39(45(40,8)9)30-36-26-32(3)25-33(4)27-36/h21,32-39,41-43H,12-20,22-30H2,1-11H3. The summed E-state index contributed by atoms with van der Waals surface area (Å²) in [5, 5.41) is 9.64. The highest BCUT2D eigenvalue weighted by Crippen LogP contribution is 2.70. The van der Waals surface area contributed by atoms with E-state index >= 15 is 0 Å². The third kappa shape index (κ3) is 7.70. The Labute approximate surface area is 300 Å². The lowest BCUT2D eigenvalue weighted by Crippen LogP contribution is -2.54. The molecular formula is C47H81N. The molecule has 0 spiro atoms. The molecule has 0 saturated heterocycles. The number of hydrogen-bond donors (Lipinski definition) is 0. The Kier molecular flexibility index (Phi) is 12.1. The Morgan fingerprint density at radius 3 is 2.12 bits per heavy atom. The molecule has 1 heteroatoms. The molecule has 0 bridgehead atoms. The minimum absolute atomic E-state index is 0.240. The van der Waals surface area contributed by atoms with E-state index in [4.69, 9.17) is 0 Å². The van der Waals surface area contributed by atoms with Crippen LogP contribution in [-0.4, -0.2) is 0 Å². The van der Waals surface area contributed by atoms with E-state index in [2.05, 4.69) is 88.3 Å². The molecule has 0 amide bonds. The molecule has 4 saturated carbocycles. The molecule has 48 heavy (non-hydrogen) atoms. The Balaban J connectivity index is 1.22. The normalized spacial score (nSPS) is 41.2. The smallest absolute Gasteiger partial charge is 0.0655 e. The summed E-state index contributed by atoms with van der Waals surface area (Å²) < 4.78 is 0. The van der Waals surface area contributed by atoms with Gasteiger partial charge >= 0.3 is 0 Å². The van der Waals surface area contributed by atoms with Crippen LogP contribution in [0.3, 0.4) is 0 Å². The SMILES string of the molecule is CCC(C#N)CC(CC)CC(CCCC1CCC2C3CC=C4C(CCC(CC5CC(C)CC(C)C5)C4(C)C)C3(C)CCC12C)C(C)(C)C. The van der Waals surface area contributed by atoms with Crippen LogP contribution >= 0.6 is 0 Å². The second-order valence-electron chi connectivity index (χ2n) is 21.4. The zero-order chi connectivity index (χ0) is 35.1. The molecule has 0 aromatic carbocycles. The van der Waals surface area contributed by atoms with E-state index in [1.165, 1.54) is 103 Å². The van der Waals surface area contributed by atoms with Crippen LogP contribution < -0.4 is 0 Å². The third-order valence-corrected chi connectivity index (χ3v) is 17.2. The van der Waals surface area contributed by atoms with E-state index in [-0.39, 0.29) is 5.92 Å². The van der Waals surface area contributed by atoms with Crippen LogP contribution in [0.1, 0.15) is 192 Å². The largest absolute Gasteiger partial charge is 0.198 e. The summed E-state index contributed by atoms with van der Waals surface area (Å²) in [5.74, 6) is 9.02. The minimum Gasteiger partial charge on any atom is -0.198 e. The average molecular weight is 660 g/mol. The zero-order valence-corrected chi connectivity index (χ0v) is 34.1. The molecule has 5 aliphatic carbocycles. The number of nitriles is 1. The molecule has 0 aromatic heterocycles. The second kappa shape index (κ2) is 15.1. The van der Waals surface area contributed by atoms with Crippen molar-refractivity contribution in [2.24, 2.45) is 86.8 Å². The minimum atomic E-state index is 0.240. The molecule has 0 N–H and O–H groups in total. The highest BCUT2D eigenvalue weighted by atomic mass is 14.7. The van der Waals surface area contributed by atoms with Gasteiger partial charge in [0.1, 0.15) is 0 Å². The lowest BCUT2D eigenvalue weighted by molar-refractivity contribution is -0.0851. The van der Waals surface area contributed by atoms with Gasteiger partial charge in [-0.1, -0.05) is 101 Å². The van der Waals surface area contributed by atoms with Gasteiger partial charge in [0.25, 0.3) is 0 Å². The summed E-state index contributed by atoms with van der Waals surface area (Å²) >= 11 is 0. The Hall–Kier alpha value is -0.770. The molecule has 274 valence electrons. The number of hydrogen-bond acceptors (Lipinski definition) is 1. The van der Waals surface area contributed by atoms with Gasteiger partial charge in [-0.25, -0.2) is 0 Å². The number of fused-ring (bicyclic) bond motifs is 5. The molecule has 1 nitrogen and oxygen atoms in total. The molecule has 0 heterocycles. The van der Waals surface area contributed by atoms with Crippen molar-refractivity contribution < 1.29 is 0 Å². The first-order valence-corrected chi connectivity index (χ1v) is 21.7. The predicted octanol–water partition coefficient (Wildman–Crippen LogP) is 14.5. The maximum absolute atomic E-state index is 9.64. The molecule has 0 aliphatic heterocycles. The average Bonchev–Trinajstić information content (AvgIpc) is 3.34. The summed E-state index contributed by atoms with van der Waals surface area (Å²) in [7, 11) is 0. The van der Waals surface area contributed by atoms with Crippen LogP contribution in [-0.2, 0) is 0 Å². The van der Waals surface area contributed by atoms with Crippen molar-refractivity contribution in [2.45, 2.75) is 192 Å². The summed E-state index contributed by atoms with van der Waals surface area (Å²) in [4.78, 5) is 0. The lowest BCUT2D eigenvalue weighted by Gasteiger charge is -2.62. The second-order valence-corrected chi connectivity index (χ2v) is 21.4. The van der Waals surface area contributed by atoms with E-state index < -0.39 is 0 Å². The fourth-order valence-electron chi connectivity index (χ4n) is 14.0. The fraction of sp³-hybridized carbons (Fsp3) is 0.936. The topological polar surface area (TPSA) is 23.8 Å². The van der Waals surface area contributed by atoms with Crippen LogP contribution in [0, 0.1) is 98.1 Å². The van der Waals surface area contributed by atoms with E-state index in [0.717, 1.165) is 66.1 Å². The Bertz CT molecular complexity index is 1120. The Morgan fingerprint density at radius 2 is 1.50 bits per heavy atom. The van der Waals surface area contributed by atoms with Crippen LogP contribution in [0.2, 0.25) is 0 Å². The molecular weight excluding hydrogens is 579 g/mol. The van der Waals surface area contributed by atoms with Gasteiger partial charge in [-0.3, -0.25) is 0 Å².